The highest BCUT2D eigenvalue weighted by Crippen LogP contribution is 2.15. The van der Waals surface area contributed by atoms with Crippen LogP contribution in [0.25, 0.3) is 0 Å². The number of imidazole rings is 1. The molecule has 1 aromatic carbocycles. The van der Waals surface area contributed by atoms with Crippen LogP contribution in [-0.4, -0.2) is 4.57 Å². The predicted molar refractivity (Wildman–Crippen MR) is 162 cm³/mol. The van der Waals surface area contributed by atoms with Crippen molar-refractivity contribution in [3.8, 4) is 0 Å². The van der Waals surface area contributed by atoms with Crippen molar-refractivity contribution >= 4 is 0 Å². The number of rotatable bonds is 25. The van der Waals surface area contributed by atoms with Gasteiger partial charge >= 0.3 is 0 Å². The third-order valence-electron chi connectivity index (χ3n) is 8.04. The molecule has 0 spiro atoms. The maximum absolute atomic E-state index is 2.55. The molecule has 0 bridgehead atoms. The fourth-order valence-electron chi connectivity index (χ4n) is 5.63. The van der Waals surface area contributed by atoms with E-state index in [0.717, 1.165) is 6.54 Å². The monoisotopic (exact) mass is 509 g/mol. The van der Waals surface area contributed by atoms with Gasteiger partial charge in [0.1, 0.15) is 18.9 Å². The molecule has 0 saturated carbocycles. The van der Waals surface area contributed by atoms with Crippen LogP contribution < -0.4 is 4.57 Å². The molecule has 0 fully saturated rings. The van der Waals surface area contributed by atoms with Gasteiger partial charge in [-0.05, 0) is 24.8 Å². The molecule has 0 atom stereocenters. The van der Waals surface area contributed by atoms with Gasteiger partial charge in [0.25, 0.3) is 5.82 Å². The number of aryl methyl sites for hydroxylation is 1. The van der Waals surface area contributed by atoms with Crippen molar-refractivity contribution in [2.45, 2.75) is 168 Å². The summed E-state index contributed by atoms with van der Waals surface area (Å²) < 4.78 is 5.05. The maximum atomic E-state index is 2.55. The van der Waals surface area contributed by atoms with Gasteiger partial charge < -0.3 is 0 Å². The van der Waals surface area contributed by atoms with Crippen LogP contribution in [-0.2, 0) is 19.5 Å². The molecule has 1 heterocycles. The van der Waals surface area contributed by atoms with Crippen LogP contribution in [0, 0.1) is 0 Å². The number of benzene rings is 1. The molecule has 0 aliphatic rings. The van der Waals surface area contributed by atoms with Gasteiger partial charge in [-0.15, -0.1) is 0 Å². The second kappa shape index (κ2) is 22.4. The zero-order valence-electron chi connectivity index (χ0n) is 24.9. The van der Waals surface area contributed by atoms with Gasteiger partial charge in [0.05, 0.1) is 6.54 Å². The highest BCUT2D eigenvalue weighted by Gasteiger charge is 2.17. The van der Waals surface area contributed by atoms with Crippen molar-refractivity contribution in [1.82, 2.24) is 4.57 Å². The van der Waals surface area contributed by atoms with Gasteiger partial charge in [-0.25, -0.2) is 9.13 Å². The molecule has 0 amide bonds. The fourth-order valence-corrected chi connectivity index (χ4v) is 5.63. The molecule has 210 valence electrons. The van der Waals surface area contributed by atoms with Crippen LogP contribution in [0.15, 0.2) is 42.7 Å². The van der Waals surface area contributed by atoms with Crippen LogP contribution in [0.2, 0.25) is 0 Å². The van der Waals surface area contributed by atoms with Gasteiger partial charge in [-0.1, -0.05) is 160 Å². The molecule has 2 rings (SSSR count). The van der Waals surface area contributed by atoms with Crippen LogP contribution in [0.4, 0.5) is 0 Å². The van der Waals surface area contributed by atoms with Crippen LogP contribution in [0.5, 0.6) is 0 Å². The lowest BCUT2D eigenvalue weighted by atomic mass is 10.0. The van der Waals surface area contributed by atoms with Crippen molar-refractivity contribution in [3.05, 3.63) is 54.1 Å². The van der Waals surface area contributed by atoms with E-state index in [1.165, 1.54) is 159 Å². The third-order valence-corrected chi connectivity index (χ3v) is 8.04. The van der Waals surface area contributed by atoms with Crippen LogP contribution >= 0.6 is 0 Å². The largest absolute Gasteiger partial charge is 0.256 e. The van der Waals surface area contributed by atoms with Crippen LogP contribution in [0.3, 0.4) is 0 Å². The molecule has 1 aromatic heterocycles. The summed E-state index contributed by atoms with van der Waals surface area (Å²) >= 11 is 0. The first kappa shape index (κ1) is 31.6. The zero-order chi connectivity index (χ0) is 26.2. The third kappa shape index (κ3) is 15.4. The normalized spacial score (nSPS) is 11.4. The van der Waals surface area contributed by atoms with Gasteiger partial charge in [0.15, 0.2) is 0 Å². The Labute approximate surface area is 231 Å². The quantitative estimate of drug-likeness (QED) is 0.0929. The van der Waals surface area contributed by atoms with Crippen molar-refractivity contribution < 1.29 is 4.57 Å². The summed E-state index contributed by atoms with van der Waals surface area (Å²) in [7, 11) is 0. The molecule has 37 heavy (non-hydrogen) atoms. The topological polar surface area (TPSA) is 8.81 Å². The highest BCUT2D eigenvalue weighted by molar-refractivity contribution is 5.15. The summed E-state index contributed by atoms with van der Waals surface area (Å²) in [6.45, 7) is 6.78. The Hall–Kier alpha value is -1.57. The van der Waals surface area contributed by atoms with E-state index in [2.05, 4.69) is 65.7 Å². The van der Waals surface area contributed by atoms with Gasteiger partial charge in [0, 0.05) is 6.42 Å². The lowest BCUT2D eigenvalue weighted by Crippen LogP contribution is -2.37. The Morgan fingerprint density at radius 1 is 0.541 bits per heavy atom. The van der Waals surface area contributed by atoms with E-state index in [1.807, 2.05) is 0 Å². The van der Waals surface area contributed by atoms with E-state index in [4.69, 9.17) is 0 Å². The SMILES string of the molecule is CCCCCCCCCCCCCCCCCCCc1n(Cc2ccccc2)cc[n+]1CCCCCC. The summed E-state index contributed by atoms with van der Waals surface area (Å²) in [5.74, 6) is 1.53. The molecule has 0 aliphatic heterocycles. The number of hydrogen-bond donors (Lipinski definition) is 0. The molecular formula is C35H61N2+. The Kier molecular flexibility index (Phi) is 19.2. The summed E-state index contributed by atoms with van der Waals surface area (Å²) in [5.41, 5.74) is 1.40. The van der Waals surface area contributed by atoms with E-state index in [9.17, 15) is 0 Å². The van der Waals surface area contributed by atoms with Crippen molar-refractivity contribution in [2.24, 2.45) is 0 Å². The molecule has 0 aliphatic carbocycles. The standard InChI is InChI=1S/C35H61N2/c1-3-5-7-9-10-11-12-13-14-15-16-17-18-19-20-21-25-29-35-36(30-26-8-6-4-2)31-32-37(35)33-34-27-23-22-24-28-34/h22-24,27-28,31-32H,3-21,25-26,29-30,33H2,1-2H3/q+1. The summed E-state index contributed by atoms with van der Waals surface area (Å²) in [6.07, 6.45) is 35.6. The number of aromatic nitrogens is 2. The van der Waals surface area contributed by atoms with Gasteiger partial charge in [-0.2, -0.15) is 0 Å². The first-order chi connectivity index (χ1) is 18.3. The Bertz CT molecular complexity index is 748. The van der Waals surface area contributed by atoms with Crippen LogP contribution in [0.1, 0.15) is 160 Å². The predicted octanol–water partition coefficient (Wildman–Crippen LogP) is 10.6. The van der Waals surface area contributed by atoms with Gasteiger partial charge in [-0.3, -0.25) is 0 Å². The van der Waals surface area contributed by atoms with E-state index in [-0.39, 0.29) is 0 Å². The summed E-state index contributed by atoms with van der Waals surface area (Å²) in [4.78, 5) is 0. The second-order valence-electron chi connectivity index (χ2n) is 11.5. The number of nitrogens with zero attached hydrogens (tertiary/aromatic N) is 2. The Morgan fingerprint density at radius 3 is 1.51 bits per heavy atom. The minimum Gasteiger partial charge on any atom is -0.234 e. The van der Waals surface area contributed by atoms with Gasteiger partial charge in [0.2, 0.25) is 0 Å². The highest BCUT2D eigenvalue weighted by atomic mass is 15.1. The smallest absolute Gasteiger partial charge is 0.234 e. The molecule has 0 unspecified atom stereocenters. The molecule has 2 heteroatoms. The molecule has 2 aromatic rings. The molecule has 0 saturated heterocycles. The first-order valence-corrected chi connectivity index (χ1v) is 16.5. The minimum absolute atomic E-state index is 0.997. The molecule has 0 radical (unpaired) electrons. The number of hydrogen-bond acceptors (Lipinski definition) is 0. The van der Waals surface area contributed by atoms with Crippen molar-refractivity contribution in [2.75, 3.05) is 0 Å². The van der Waals surface area contributed by atoms with E-state index in [0.29, 0.717) is 0 Å². The van der Waals surface area contributed by atoms with E-state index >= 15 is 0 Å². The molecular weight excluding hydrogens is 448 g/mol. The summed E-state index contributed by atoms with van der Waals surface area (Å²) in [5, 5.41) is 0. The minimum atomic E-state index is 0.997. The van der Waals surface area contributed by atoms with Crippen molar-refractivity contribution in [3.63, 3.8) is 0 Å². The summed E-state index contributed by atoms with van der Waals surface area (Å²) in [6, 6.07) is 10.9. The average molecular weight is 510 g/mol. The lowest BCUT2D eigenvalue weighted by molar-refractivity contribution is -0.704. The first-order valence-electron chi connectivity index (χ1n) is 16.5. The number of unbranched alkanes of at least 4 members (excludes halogenated alkanes) is 19. The van der Waals surface area contributed by atoms with Crippen molar-refractivity contribution in [1.29, 1.82) is 0 Å². The molecule has 0 N–H and O–H groups in total. The van der Waals surface area contributed by atoms with E-state index < -0.39 is 0 Å². The Balaban J connectivity index is 1.54. The fraction of sp³-hybridized carbons (Fsp3) is 0.743. The maximum Gasteiger partial charge on any atom is 0.256 e. The Morgan fingerprint density at radius 2 is 1.00 bits per heavy atom. The lowest BCUT2D eigenvalue weighted by Gasteiger charge is -2.07. The molecule has 2 nitrogen and oxygen atoms in total. The zero-order valence-corrected chi connectivity index (χ0v) is 24.9. The second-order valence-corrected chi connectivity index (χ2v) is 11.5. The van der Waals surface area contributed by atoms with E-state index in [1.54, 1.807) is 0 Å². The average Bonchev–Trinajstić information content (AvgIpc) is 3.29.